The number of hydrogen-bond donors (Lipinski definition) is 3. The zero-order valence-corrected chi connectivity index (χ0v) is 18.2. The molecule has 3 N–H and O–H groups in total. The SMILES string of the molecule is CCC(C)(NOCCNC(=O)OC(C)(C)C)C(CNC(=O)c1ccc([N+](=O)[O-])o1)N=O. The number of nitroso groups, excluding NO2 is 1. The van der Waals surface area contributed by atoms with E-state index in [-0.39, 0.29) is 25.5 Å². The number of nitrogens with zero attached hydrogens (tertiary/aromatic N) is 2. The zero-order chi connectivity index (χ0) is 23.7. The molecule has 2 amide bonds. The molecule has 31 heavy (non-hydrogen) atoms. The molecule has 13 nitrogen and oxygen atoms in total. The third kappa shape index (κ3) is 8.68. The van der Waals surface area contributed by atoms with Gasteiger partial charge in [0.1, 0.15) is 16.6 Å². The summed E-state index contributed by atoms with van der Waals surface area (Å²) in [5.74, 6) is -1.54. The number of nitro groups is 1. The molecule has 0 aliphatic heterocycles. The third-order valence-corrected chi connectivity index (χ3v) is 4.23. The lowest BCUT2D eigenvalue weighted by molar-refractivity contribution is -0.402. The van der Waals surface area contributed by atoms with E-state index in [1.807, 2.05) is 0 Å². The molecule has 0 saturated carbocycles. The number of amides is 2. The van der Waals surface area contributed by atoms with Crippen LogP contribution in [-0.2, 0) is 9.57 Å². The van der Waals surface area contributed by atoms with Gasteiger partial charge in [0.05, 0.1) is 18.2 Å². The minimum Gasteiger partial charge on any atom is -0.444 e. The third-order valence-electron chi connectivity index (χ3n) is 4.23. The first kappa shape index (κ1) is 26.0. The average Bonchev–Trinajstić information content (AvgIpc) is 3.17. The Hall–Kier alpha value is -3.06. The van der Waals surface area contributed by atoms with E-state index in [1.165, 1.54) is 0 Å². The number of hydroxylamine groups is 1. The number of furan rings is 1. The minimum absolute atomic E-state index is 0.0861. The average molecular weight is 443 g/mol. The highest BCUT2D eigenvalue weighted by Gasteiger charge is 2.35. The number of carbonyl (C=O) groups is 2. The van der Waals surface area contributed by atoms with Crippen molar-refractivity contribution in [3.63, 3.8) is 0 Å². The fourth-order valence-corrected chi connectivity index (χ4v) is 2.31. The van der Waals surface area contributed by atoms with Crippen molar-refractivity contribution in [3.8, 4) is 0 Å². The van der Waals surface area contributed by atoms with Crippen molar-refractivity contribution >= 4 is 17.9 Å². The summed E-state index contributed by atoms with van der Waals surface area (Å²) in [6.07, 6.45) is -0.159. The van der Waals surface area contributed by atoms with Crippen LogP contribution in [0.5, 0.6) is 0 Å². The summed E-state index contributed by atoms with van der Waals surface area (Å²) in [5, 5.41) is 18.7. The Balaban J connectivity index is 2.51. The molecule has 0 aromatic carbocycles. The standard InChI is InChI=1S/C18H29N5O8/c1-6-18(5,22-29-10-9-19-16(25)31-17(2,3)4)13(21-26)11-20-15(24)12-7-8-14(30-12)23(27)28/h7-8,13,22H,6,9-11H2,1-5H3,(H,19,25)(H,20,24). The number of carbonyl (C=O) groups excluding carboxylic acids is 2. The largest absolute Gasteiger partial charge is 0.444 e. The number of rotatable bonds is 12. The van der Waals surface area contributed by atoms with Crippen molar-refractivity contribution in [2.24, 2.45) is 5.18 Å². The second-order valence-electron chi connectivity index (χ2n) is 7.88. The molecule has 1 heterocycles. The Labute approximate surface area is 179 Å². The van der Waals surface area contributed by atoms with Crippen molar-refractivity contribution in [3.05, 3.63) is 32.9 Å². The number of alkyl carbamates (subject to hydrolysis) is 1. The van der Waals surface area contributed by atoms with E-state index in [1.54, 1.807) is 34.6 Å². The van der Waals surface area contributed by atoms with E-state index >= 15 is 0 Å². The van der Waals surface area contributed by atoms with E-state index < -0.39 is 40.0 Å². The van der Waals surface area contributed by atoms with Gasteiger partial charge in [-0.2, -0.15) is 10.4 Å². The van der Waals surface area contributed by atoms with Gasteiger partial charge in [0.15, 0.2) is 5.76 Å². The summed E-state index contributed by atoms with van der Waals surface area (Å²) < 4.78 is 9.92. The fraction of sp³-hybridized carbons (Fsp3) is 0.667. The number of ether oxygens (including phenoxy) is 1. The fourth-order valence-electron chi connectivity index (χ4n) is 2.31. The van der Waals surface area contributed by atoms with Crippen molar-refractivity contribution in [1.82, 2.24) is 16.1 Å². The van der Waals surface area contributed by atoms with E-state index in [4.69, 9.17) is 14.0 Å². The first-order chi connectivity index (χ1) is 14.4. The van der Waals surface area contributed by atoms with Gasteiger partial charge in [-0.25, -0.2) is 4.79 Å². The lowest BCUT2D eigenvalue weighted by Gasteiger charge is -2.33. The number of hydrogen-bond acceptors (Lipinski definition) is 10. The molecule has 2 unspecified atom stereocenters. The molecule has 0 radical (unpaired) electrons. The van der Waals surface area contributed by atoms with Crippen LogP contribution in [0, 0.1) is 15.0 Å². The zero-order valence-electron chi connectivity index (χ0n) is 18.2. The van der Waals surface area contributed by atoms with Crippen LogP contribution in [0.3, 0.4) is 0 Å². The molecule has 1 rings (SSSR count). The van der Waals surface area contributed by atoms with Gasteiger partial charge >= 0.3 is 12.0 Å². The van der Waals surface area contributed by atoms with Crippen LogP contribution in [0.25, 0.3) is 0 Å². The van der Waals surface area contributed by atoms with Gasteiger partial charge in [-0.3, -0.25) is 19.7 Å². The van der Waals surface area contributed by atoms with Gasteiger partial charge in [-0.05, 0) is 40.2 Å². The second-order valence-corrected chi connectivity index (χ2v) is 7.88. The normalized spacial score (nSPS) is 14.2. The predicted octanol–water partition coefficient (Wildman–Crippen LogP) is 2.27. The Kier molecular flexibility index (Phi) is 9.52. The summed E-state index contributed by atoms with van der Waals surface area (Å²) in [5.41, 5.74) is 1.20. The van der Waals surface area contributed by atoms with Gasteiger partial charge in [0.25, 0.3) is 5.91 Å². The summed E-state index contributed by atoms with van der Waals surface area (Å²) >= 11 is 0. The topological polar surface area (TPSA) is 174 Å². The summed E-state index contributed by atoms with van der Waals surface area (Å²) in [6, 6.07) is 1.29. The minimum atomic E-state index is -0.934. The Morgan fingerprint density at radius 2 is 1.94 bits per heavy atom. The molecule has 0 aliphatic rings. The van der Waals surface area contributed by atoms with Crippen LogP contribution in [0.2, 0.25) is 0 Å². The van der Waals surface area contributed by atoms with Crippen LogP contribution in [0.1, 0.15) is 51.6 Å². The Morgan fingerprint density at radius 1 is 1.26 bits per heavy atom. The molecule has 1 aromatic rings. The molecule has 0 aliphatic carbocycles. The van der Waals surface area contributed by atoms with Gasteiger partial charge in [0, 0.05) is 13.1 Å². The molecule has 1 aromatic heterocycles. The van der Waals surface area contributed by atoms with E-state index in [2.05, 4.69) is 21.3 Å². The summed E-state index contributed by atoms with van der Waals surface area (Å²) in [4.78, 5) is 50.3. The van der Waals surface area contributed by atoms with Crippen molar-refractivity contribution in [1.29, 1.82) is 0 Å². The lowest BCUT2D eigenvalue weighted by atomic mass is 9.90. The molecular formula is C18H29N5O8. The smallest absolute Gasteiger partial charge is 0.433 e. The van der Waals surface area contributed by atoms with Crippen LogP contribution in [0.15, 0.2) is 21.7 Å². The van der Waals surface area contributed by atoms with Crippen LogP contribution < -0.4 is 16.1 Å². The van der Waals surface area contributed by atoms with E-state index in [0.29, 0.717) is 6.42 Å². The van der Waals surface area contributed by atoms with Gasteiger partial charge in [-0.15, -0.1) is 0 Å². The van der Waals surface area contributed by atoms with Gasteiger partial charge < -0.3 is 19.8 Å². The lowest BCUT2D eigenvalue weighted by Crippen LogP contribution is -2.55. The number of nitrogens with one attached hydrogen (secondary N) is 3. The molecule has 0 bridgehead atoms. The highest BCUT2D eigenvalue weighted by atomic mass is 16.7. The highest BCUT2D eigenvalue weighted by Crippen LogP contribution is 2.19. The van der Waals surface area contributed by atoms with Crippen molar-refractivity contribution in [2.75, 3.05) is 19.7 Å². The first-order valence-electron chi connectivity index (χ1n) is 9.62. The highest BCUT2D eigenvalue weighted by molar-refractivity contribution is 5.91. The quantitative estimate of drug-likeness (QED) is 0.189. The van der Waals surface area contributed by atoms with Crippen molar-refractivity contribution < 1.29 is 28.5 Å². The van der Waals surface area contributed by atoms with E-state index in [0.717, 1.165) is 12.1 Å². The monoisotopic (exact) mass is 443 g/mol. The van der Waals surface area contributed by atoms with Gasteiger partial charge in [0.2, 0.25) is 0 Å². The predicted molar refractivity (Wildman–Crippen MR) is 109 cm³/mol. The molecule has 13 heteroatoms. The van der Waals surface area contributed by atoms with Crippen LogP contribution >= 0.6 is 0 Å². The molecule has 0 saturated heterocycles. The molecule has 0 fully saturated rings. The van der Waals surface area contributed by atoms with Crippen molar-refractivity contribution in [2.45, 2.75) is 58.2 Å². The maximum Gasteiger partial charge on any atom is 0.433 e. The molecule has 0 spiro atoms. The van der Waals surface area contributed by atoms with E-state index in [9.17, 15) is 24.6 Å². The maximum atomic E-state index is 12.1. The molecule has 174 valence electrons. The Bertz CT molecular complexity index is 775. The maximum absolute atomic E-state index is 12.1. The summed E-state index contributed by atoms with van der Waals surface area (Å²) in [6.45, 7) is 8.81. The first-order valence-corrected chi connectivity index (χ1v) is 9.62. The molecule has 2 atom stereocenters. The van der Waals surface area contributed by atoms with Crippen LogP contribution in [-0.4, -0.2) is 53.8 Å². The van der Waals surface area contributed by atoms with Crippen LogP contribution in [0.4, 0.5) is 10.7 Å². The Morgan fingerprint density at radius 3 is 2.45 bits per heavy atom. The second kappa shape index (κ2) is 11.4. The molecular weight excluding hydrogens is 414 g/mol. The van der Waals surface area contributed by atoms with Gasteiger partial charge in [-0.1, -0.05) is 12.1 Å². The summed E-state index contributed by atoms with van der Waals surface area (Å²) in [7, 11) is 0.